The largest absolute Gasteiger partial charge is 0.361 e. The van der Waals surface area contributed by atoms with Crippen LogP contribution in [0.4, 0.5) is 17.1 Å². The van der Waals surface area contributed by atoms with E-state index in [1.54, 1.807) is 0 Å². The molecule has 256 valence electrons. The van der Waals surface area contributed by atoms with Crippen molar-refractivity contribution in [3.8, 4) is 11.1 Å². The molecular weight excluding hydrogens is 617 g/mol. The van der Waals surface area contributed by atoms with E-state index in [2.05, 4.69) is 194 Å². The third-order valence-electron chi connectivity index (χ3n) is 10.0. The first-order valence-corrected chi connectivity index (χ1v) is 18.4. The van der Waals surface area contributed by atoms with E-state index >= 15 is 0 Å². The summed E-state index contributed by atoms with van der Waals surface area (Å²) in [7, 11) is 2.12. The molecule has 0 N–H and O–H groups in total. The summed E-state index contributed by atoms with van der Waals surface area (Å²) < 4.78 is 0. The summed E-state index contributed by atoms with van der Waals surface area (Å²) in [6, 6.07) is 43.9. The summed E-state index contributed by atoms with van der Waals surface area (Å²) in [5, 5.41) is 2.53. The van der Waals surface area contributed by atoms with Crippen molar-refractivity contribution in [2.75, 3.05) is 23.4 Å². The molecule has 0 heterocycles. The first-order chi connectivity index (χ1) is 25.1. The molecule has 0 saturated carbocycles. The fraction of sp³-hybridized carbons (Fsp3) is 0.184. The average molecular weight is 667 g/mol. The highest BCUT2D eigenvalue weighted by atomic mass is 15.2. The first-order valence-electron chi connectivity index (χ1n) is 18.4. The van der Waals surface area contributed by atoms with Crippen LogP contribution in [0.5, 0.6) is 0 Å². The van der Waals surface area contributed by atoms with Gasteiger partial charge in [-0.1, -0.05) is 161 Å². The fourth-order valence-electron chi connectivity index (χ4n) is 7.22. The van der Waals surface area contributed by atoms with Gasteiger partial charge in [-0.05, 0) is 93.4 Å². The minimum atomic E-state index is 0.260. The summed E-state index contributed by atoms with van der Waals surface area (Å²) in [6.07, 6.45) is 20.3. The number of benzene rings is 5. The molecule has 2 atom stereocenters. The van der Waals surface area contributed by atoms with Crippen LogP contribution in [-0.4, -0.2) is 19.6 Å². The van der Waals surface area contributed by atoms with Crippen LogP contribution in [0.2, 0.25) is 0 Å². The van der Waals surface area contributed by atoms with Gasteiger partial charge < -0.3 is 9.80 Å². The lowest BCUT2D eigenvalue weighted by Crippen LogP contribution is -2.41. The molecule has 2 heteroatoms. The van der Waals surface area contributed by atoms with Gasteiger partial charge in [0.25, 0.3) is 0 Å². The maximum Gasteiger partial charge on any atom is 0.0545 e. The molecule has 0 bridgehead atoms. The van der Waals surface area contributed by atoms with Crippen molar-refractivity contribution in [1.82, 2.24) is 0 Å². The van der Waals surface area contributed by atoms with Gasteiger partial charge in [0.15, 0.2) is 0 Å². The smallest absolute Gasteiger partial charge is 0.0545 e. The quantitative estimate of drug-likeness (QED) is 0.137. The minimum absolute atomic E-state index is 0.260. The van der Waals surface area contributed by atoms with Crippen LogP contribution in [0.3, 0.4) is 0 Å². The molecule has 5 aromatic rings. The molecule has 2 nitrogen and oxygen atoms in total. The van der Waals surface area contributed by atoms with Gasteiger partial charge >= 0.3 is 0 Å². The Labute approximate surface area is 305 Å². The zero-order valence-corrected chi connectivity index (χ0v) is 30.5. The molecule has 0 saturated heterocycles. The monoisotopic (exact) mass is 666 g/mol. The summed E-state index contributed by atoms with van der Waals surface area (Å²) in [6.45, 7) is 11.2. The Hall–Kier alpha value is -5.60. The van der Waals surface area contributed by atoms with Crippen molar-refractivity contribution < 1.29 is 0 Å². The molecule has 2 unspecified atom stereocenters. The van der Waals surface area contributed by atoms with Crippen LogP contribution < -0.4 is 9.80 Å². The van der Waals surface area contributed by atoms with Gasteiger partial charge in [-0.15, -0.1) is 0 Å². The van der Waals surface area contributed by atoms with Crippen LogP contribution >= 0.6 is 0 Å². The van der Waals surface area contributed by atoms with E-state index in [1.165, 1.54) is 38.7 Å². The Morgan fingerprint density at radius 1 is 0.745 bits per heavy atom. The lowest BCUT2D eigenvalue weighted by atomic mass is 9.80. The van der Waals surface area contributed by atoms with Gasteiger partial charge in [-0.2, -0.15) is 0 Å². The molecule has 0 fully saturated rings. The van der Waals surface area contributed by atoms with E-state index in [1.807, 2.05) is 19.9 Å². The minimum Gasteiger partial charge on any atom is -0.361 e. The third-order valence-corrected chi connectivity index (χ3v) is 10.0. The van der Waals surface area contributed by atoms with Gasteiger partial charge in [-0.3, -0.25) is 0 Å². The fourth-order valence-corrected chi connectivity index (χ4v) is 7.22. The predicted octanol–water partition coefficient (Wildman–Crippen LogP) is 13.2. The predicted molar refractivity (Wildman–Crippen MR) is 224 cm³/mol. The number of rotatable bonds is 10. The van der Waals surface area contributed by atoms with Gasteiger partial charge in [0, 0.05) is 36.6 Å². The molecule has 2 aliphatic rings. The number of allylic oxidation sites excluding steroid dienone is 8. The topological polar surface area (TPSA) is 6.48 Å². The van der Waals surface area contributed by atoms with E-state index < -0.39 is 0 Å². The van der Waals surface area contributed by atoms with Crippen molar-refractivity contribution in [3.05, 3.63) is 193 Å². The van der Waals surface area contributed by atoms with Crippen LogP contribution in [-0.2, 0) is 0 Å². The number of hydrogen-bond donors (Lipinski definition) is 0. The van der Waals surface area contributed by atoms with Crippen molar-refractivity contribution >= 4 is 33.4 Å². The van der Waals surface area contributed by atoms with Crippen LogP contribution in [0.1, 0.15) is 39.2 Å². The normalized spacial score (nSPS) is 16.8. The van der Waals surface area contributed by atoms with Gasteiger partial charge in [-0.25, -0.2) is 0 Å². The maximum absolute atomic E-state index is 4.03. The van der Waals surface area contributed by atoms with Gasteiger partial charge in [0.05, 0.1) is 6.04 Å². The summed E-state index contributed by atoms with van der Waals surface area (Å²) in [4.78, 5) is 4.79. The highest BCUT2D eigenvalue weighted by molar-refractivity contribution is 5.86. The Morgan fingerprint density at radius 3 is 2.12 bits per heavy atom. The first kappa shape index (κ1) is 35.2. The van der Waals surface area contributed by atoms with Crippen LogP contribution in [0, 0.1) is 5.92 Å². The standard InChI is InChI=1S/C47H44N2.C2H6/c1-4-13-36(39-21-27-43(28-22-39)48(3)44-29-23-40(24-30-44)37-14-6-5-7-15-37)19-12-33-49(45-31-25-38-16-8-9-18-42(38)34-45)47-32-26-41-17-10-11-20-46(41)35(47)2;1-2/h4-9,11-16,18-32,34-35,47H,1,10,17,33H2,2-3H3;1-2H3/b19-12-,36-13+;. The molecule has 0 aromatic heterocycles. The van der Waals surface area contributed by atoms with E-state index in [9.17, 15) is 0 Å². The zero-order chi connectivity index (χ0) is 35.6. The third kappa shape index (κ3) is 8.08. The van der Waals surface area contributed by atoms with Gasteiger partial charge in [0.1, 0.15) is 0 Å². The second-order valence-corrected chi connectivity index (χ2v) is 13.0. The van der Waals surface area contributed by atoms with E-state index in [0.717, 1.165) is 41.9 Å². The van der Waals surface area contributed by atoms with Gasteiger partial charge in [0.2, 0.25) is 0 Å². The second kappa shape index (κ2) is 16.9. The highest BCUT2D eigenvalue weighted by Gasteiger charge is 2.29. The lowest BCUT2D eigenvalue weighted by Gasteiger charge is -2.39. The highest BCUT2D eigenvalue weighted by Crippen LogP contribution is 2.37. The number of hydrogen-bond acceptors (Lipinski definition) is 2. The van der Waals surface area contributed by atoms with Crippen LogP contribution in [0.25, 0.3) is 27.5 Å². The summed E-state index contributed by atoms with van der Waals surface area (Å²) in [5.74, 6) is 0.402. The summed E-state index contributed by atoms with van der Waals surface area (Å²) >= 11 is 0. The molecule has 0 radical (unpaired) electrons. The molecule has 0 spiro atoms. The summed E-state index contributed by atoms with van der Waals surface area (Å²) in [5.41, 5.74) is 11.3. The molecule has 0 amide bonds. The van der Waals surface area contributed by atoms with Crippen molar-refractivity contribution in [2.24, 2.45) is 5.92 Å². The Morgan fingerprint density at radius 2 is 1.39 bits per heavy atom. The SMILES string of the molecule is C=C/C=C(\C=C/CN(c1ccc2ccccc2c1)C1C=CC2=C(C=CCC2)C1C)c1ccc(N(C)c2ccc(-c3ccccc3)cc2)cc1.CC. The Kier molecular flexibility index (Phi) is 11.7. The number of anilines is 3. The molecule has 2 aliphatic carbocycles. The molecule has 7 rings (SSSR count). The van der Waals surface area contributed by atoms with E-state index in [4.69, 9.17) is 0 Å². The Balaban J connectivity index is 0.00000220. The molecule has 51 heavy (non-hydrogen) atoms. The van der Waals surface area contributed by atoms with Crippen molar-refractivity contribution in [2.45, 2.75) is 39.7 Å². The average Bonchev–Trinajstić information content (AvgIpc) is 3.20. The maximum atomic E-state index is 4.03. The van der Waals surface area contributed by atoms with Crippen molar-refractivity contribution in [3.63, 3.8) is 0 Å². The van der Waals surface area contributed by atoms with Crippen LogP contribution in [0.15, 0.2) is 188 Å². The Bertz CT molecular complexity index is 2070. The lowest BCUT2D eigenvalue weighted by molar-refractivity contribution is 0.551. The number of fused-ring (bicyclic) bond motifs is 1. The molecule has 0 aliphatic heterocycles. The molecule has 5 aromatic carbocycles. The van der Waals surface area contributed by atoms with Crippen molar-refractivity contribution in [1.29, 1.82) is 0 Å². The second-order valence-electron chi connectivity index (χ2n) is 13.0. The van der Waals surface area contributed by atoms with E-state index in [-0.39, 0.29) is 6.04 Å². The van der Waals surface area contributed by atoms with E-state index in [0.29, 0.717) is 5.92 Å². The molecular formula is C49H50N2. The zero-order valence-electron chi connectivity index (χ0n) is 30.5. The number of nitrogens with zero attached hydrogens (tertiary/aromatic N) is 2.